The summed E-state index contributed by atoms with van der Waals surface area (Å²) in [5.41, 5.74) is 2.19. The summed E-state index contributed by atoms with van der Waals surface area (Å²) >= 11 is 7.62. The minimum atomic E-state index is 0.0361. The molecule has 2 aromatic rings. The first kappa shape index (κ1) is 20.2. The van der Waals surface area contributed by atoms with E-state index in [0.29, 0.717) is 12.5 Å². The van der Waals surface area contributed by atoms with Crippen LogP contribution < -0.4 is 5.32 Å². The van der Waals surface area contributed by atoms with Crippen LogP contribution in [0.2, 0.25) is 4.34 Å². The normalized spacial score (nSPS) is 16.5. The molecular weight excluding hydrogens is 382 g/mol. The number of carbonyl (C=O) groups excluding carboxylic acids is 1. The fraction of sp³-hybridized carbons (Fsp3) is 0.579. The highest BCUT2D eigenvalue weighted by Gasteiger charge is 2.21. The van der Waals surface area contributed by atoms with E-state index in [-0.39, 0.29) is 6.03 Å². The van der Waals surface area contributed by atoms with Crippen LogP contribution in [0.5, 0.6) is 0 Å². The van der Waals surface area contributed by atoms with Gasteiger partial charge in [0.1, 0.15) is 0 Å². The van der Waals surface area contributed by atoms with Gasteiger partial charge in [-0.25, -0.2) is 4.79 Å². The van der Waals surface area contributed by atoms with Crippen LogP contribution in [0.25, 0.3) is 0 Å². The van der Waals surface area contributed by atoms with Crippen LogP contribution in [0, 0.1) is 19.8 Å². The summed E-state index contributed by atoms with van der Waals surface area (Å²) < 4.78 is 2.85. The highest BCUT2D eigenvalue weighted by Crippen LogP contribution is 2.23. The van der Waals surface area contributed by atoms with Crippen molar-refractivity contribution in [2.24, 2.45) is 5.92 Å². The van der Waals surface area contributed by atoms with Gasteiger partial charge in [0.15, 0.2) is 0 Å². The molecule has 1 unspecified atom stereocenters. The summed E-state index contributed by atoms with van der Waals surface area (Å²) in [6, 6.07) is 6.14. The quantitative estimate of drug-likeness (QED) is 0.795. The van der Waals surface area contributed by atoms with Crippen LogP contribution in [0.4, 0.5) is 4.79 Å². The fourth-order valence-corrected chi connectivity index (χ4v) is 4.49. The first-order valence-corrected chi connectivity index (χ1v) is 10.6. The van der Waals surface area contributed by atoms with E-state index in [2.05, 4.69) is 41.3 Å². The molecule has 0 radical (unpaired) electrons. The zero-order valence-corrected chi connectivity index (χ0v) is 17.8. The number of aromatic nitrogens is 2. The summed E-state index contributed by atoms with van der Waals surface area (Å²) in [6.45, 7) is 11.9. The Morgan fingerprint density at radius 1 is 1.30 bits per heavy atom. The molecule has 1 fully saturated rings. The summed E-state index contributed by atoms with van der Waals surface area (Å²) in [7, 11) is 0. The second-order valence-corrected chi connectivity index (χ2v) is 9.17. The number of aryl methyl sites for hydroxylation is 2. The smallest absolute Gasteiger partial charge is 0.317 e. The van der Waals surface area contributed by atoms with Crippen LogP contribution >= 0.6 is 22.9 Å². The number of nitrogens with one attached hydrogen (secondary N) is 1. The van der Waals surface area contributed by atoms with Gasteiger partial charge in [0, 0.05) is 56.4 Å². The second kappa shape index (κ2) is 9.08. The van der Waals surface area contributed by atoms with Gasteiger partial charge in [-0.2, -0.15) is 5.10 Å². The predicted octanol–water partition coefficient (Wildman–Crippen LogP) is 3.38. The summed E-state index contributed by atoms with van der Waals surface area (Å²) in [5.74, 6) is 0.330. The molecule has 1 aliphatic rings. The highest BCUT2D eigenvalue weighted by atomic mass is 35.5. The van der Waals surface area contributed by atoms with Gasteiger partial charge >= 0.3 is 6.03 Å². The van der Waals surface area contributed by atoms with Crippen molar-refractivity contribution in [2.75, 3.05) is 32.7 Å². The molecule has 3 heterocycles. The molecule has 1 atom stereocenters. The number of amides is 2. The van der Waals surface area contributed by atoms with Crippen molar-refractivity contribution in [1.82, 2.24) is 24.9 Å². The number of nitrogens with zero attached hydrogens (tertiary/aromatic N) is 4. The van der Waals surface area contributed by atoms with Crippen molar-refractivity contribution in [3.8, 4) is 0 Å². The zero-order chi connectivity index (χ0) is 19.4. The maximum atomic E-state index is 12.5. The average Bonchev–Trinajstić information content (AvgIpc) is 3.18. The lowest BCUT2D eigenvalue weighted by molar-refractivity contribution is 0.135. The highest BCUT2D eigenvalue weighted by molar-refractivity contribution is 7.16. The van der Waals surface area contributed by atoms with Crippen molar-refractivity contribution < 1.29 is 4.79 Å². The third-order valence-electron chi connectivity index (χ3n) is 4.86. The summed E-state index contributed by atoms with van der Waals surface area (Å²) in [6.07, 6.45) is 0. The van der Waals surface area contributed by atoms with Crippen molar-refractivity contribution >= 4 is 29.0 Å². The van der Waals surface area contributed by atoms with E-state index in [1.807, 2.05) is 22.6 Å². The van der Waals surface area contributed by atoms with Crippen LogP contribution in [-0.4, -0.2) is 58.3 Å². The van der Waals surface area contributed by atoms with Gasteiger partial charge in [-0.15, -0.1) is 11.3 Å². The van der Waals surface area contributed by atoms with Crippen LogP contribution in [-0.2, 0) is 13.1 Å². The Kier molecular flexibility index (Phi) is 6.78. The first-order valence-electron chi connectivity index (χ1n) is 9.41. The Labute approximate surface area is 170 Å². The third-order valence-corrected chi connectivity index (χ3v) is 6.07. The van der Waals surface area contributed by atoms with Crippen LogP contribution in [0.15, 0.2) is 18.2 Å². The van der Waals surface area contributed by atoms with Crippen molar-refractivity contribution in [3.63, 3.8) is 0 Å². The topological polar surface area (TPSA) is 53.4 Å². The minimum Gasteiger partial charge on any atom is -0.338 e. The maximum Gasteiger partial charge on any atom is 0.317 e. The number of rotatable bonds is 6. The predicted molar refractivity (Wildman–Crippen MR) is 110 cm³/mol. The molecule has 8 heteroatoms. The summed E-state index contributed by atoms with van der Waals surface area (Å²) in [4.78, 5) is 18.0. The first-order chi connectivity index (χ1) is 12.9. The van der Waals surface area contributed by atoms with E-state index >= 15 is 0 Å². The fourth-order valence-electron chi connectivity index (χ4n) is 3.36. The molecule has 2 aromatic heterocycles. The SMILES string of the molecule is Cc1cc(C)n(CC(C)CNC(=O)N2CCN(Cc3ccc(Cl)s3)CC2)n1. The van der Waals surface area contributed by atoms with Gasteiger partial charge in [0.25, 0.3) is 0 Å². The number of hydrogen-bond acceptors (Lipinski definition) is 4. The molecule has 27 heavy (non-hydrogen) atoms. The number of thiophene rings is 1. The number of carbonyl (C=O) groups is 1. The second-order valence-electron chi connectivity index (χ2n) is 7.37. The molecule has 0 aromatic carbocycles. The molecule has 0 spiro atoms. The Bertz CT molecular complexity index is 766. The van der Waals surface area contributed by atoms with Crippen molar-refractivity contribution in [2.45, 2.75) is 33.9 Å². The molecular formula is C19H28ClN5OS. The van der Waals surface area contributed by atoms with Crippen LogP contribution in [0.3, 0.4) is 0 Å². The molecule has 1 N–H and O–H groups in total. The maximum absolute atomic E-state index is 12.5. The Morgan fingerprint density at radius 3 is 2.63 bits per heavy atom. The van der Waals surface area contributed by atoms with Gasteiger partial charge in [0.05, 0.1) is 10.0 Å². The molecule has 6 nitrogen and oxygen atoms in total. The molecule has 3 rings (SSSR count). The Hall–Kier alpha value is -1.57. The number of halogens is 1. The van der Waals surface area contributed by atoms with Crippen molar-refractivity contribution in [1.29, 1.82) is 0 Å². The van der Waals surface area contributed by atoms with Crippen molar-refractivity contribution in [3.05, 3.63) is 38.8 Å². The number of hydrogen-bond donors (Lipinski definition) is 1. The Balaban J connectivity index is 1.38. The third kappa shape index (κ3) is 5.70. The Morgan fingerprint density at radius 2 is 2.04 bits per heavy atom. The lowest BCUT2D eigenvalue weighted by atomic mass is 10.2. The largest absolute Gasteiger partial charge is 0.338 e. The van der Waals surface area contributed by atoms with Gasteiger partial charge < -0.3 is 10.2 Å². The lowest BCUT2D eigenvalue weighted by Gasteiger charge is -2.34. The lowest BCUT2D eigenvalue weighted by Crippen LogP contribution is -2.52. The molecule has 0 bridgehead atoms. The monoisotopic (exact) mass is 409 g/mol. The average molecular weight is 410 g/mol. The molecule has 0 saturated carbocycles. The number of urea groups is 1. The molecule has 2 amide bonds. The van der Waals surface area contributed by atoms with Gasteiger partial charge in [0.2, 0.25) is 0 Å². The molecule has 1 saturated heterocycles. The molecule has 148 valence electrons. The zero-order valence-electron chi connectivity index (χ0n) is 16.2. The van der Waals surface area contributed by atoms with E-state index in [4.69, 9.17) is 11.6 Å². The molecule has 0 aliphatic carbocycles. The number of piperazine rings is 1. The molecule has 1 aliphatic heterocycles. The van der Waals surface area contributed by atoms with Gasteiger partial charge in [-0.3, -0.25) is 9.58 Å². The van der Waals surface area contributed by atoms with Gasteiger partial charge in [-0.1, -0.05) is 18.5 Å². The minimum absolute atomic E-state index is 0.0361. The van der Waals surface area contributed by atoms with Gasteiger partial charge in [-0.05, 0) is 38.0 Å². The standard InChI is InChI=1S/C19H28ClN5OS/c1-14(12-25-16(3)10-15(2)22-25)11-21-19(26)24-8-6-23(7-9-24)13-17-4-5-18(20)27-17/h4-5,10,14H,6-9,11-13H2,1-3H3,(H,21,26). The van der Waals surface area contributed by atoms with E-state index in [1.54, 1.807) is 11.3 Å². The van der Waals surface area contributed by atoms with Crippen LogP contribution in [0.1, 0.15) is 23.2 Å². The van der Waals surface area contributed by atoms with E-state index < -0.39 is 0 Å². The van der Waals surface area contributed by atoms with E-state index in [0.717, 1.165) is 55.0 Å². The van der Waals surface area contributed by atoms with E-state index in [9.17, 15) is 4.79 Å². The van der Waals surface area contributed by atoms with E-state index in [1.165, 1.54) is 4.88 Å². The summed E-state index contributed by atoms with van der Waals surface area (Å²) in [5, 5.41) is 7.57.